The zero-order valence-corrected chi connectivity index (χ0v) is 15.2. The highest BCUT2D eigenvalue weighted by atomic mass is 16.3. The third-order valence-corrected chi connectivity index (χ3v) is 5.59. The third-order valence-electron chi connectivity index (χ3n) is 5.59. The molecule has 0 spiro atoms. The highest BCUT2D eigenvalue weighted by Crippen LogP contribution is 2.36. The van der Waals surface area contributed by atoms with Crippen molar-refractivity contribution in [2.45, 2.75) is 38.6 Å². The molecule has 5 rings (SSSR count). The van der Waals surface area contributed by atoms with Crippen LogP contribution < -0.4 is 5.32 Å². The molecule has 0 bridgehead atoms. The SMILES string of the molecule is Cc1nc2cc(C3CCC3)ccn2c1C(=O)NCc1ccc2ccoc2c1. The summed E-state index contributed by atoms with van der Waals surface area (Å²) in [5.74, 6) is 0.539. The number of nitrogens with zero attached hydrogens (tertiary/aromatic N) is 2. The number of nitrogens with one attached hydrogen (secondary N) is 1. The van der Waals surface area contributed by atoms with Crippen LogP contribution >= 0.6 is 0 Å². The predicted octanol–water partition coefficient (Wildman–Crippen LogP) is 4.59. The first-order valence-electron chi connectivity index (χ1n) is 9.42. The molecule has 1 aliphatic carbocycles. The molecule has 0 aliphatic heterocycles. The average Bonchev–Trinajstić information content (AvgIpc) is 3.20. The first-order valence-corrected chi connectivity index (χ1v) is 9.42. The first-order chi connectivity index (χ1) is 13.2. The number of furan rings is 1. The molecular formula is C22H21N3O2. The van der Waals surface area contributed by atoms with Gasteiger partial charge in [-0.3, -0.25) is 9.20 Å². The minimum Gasteiger partial charge on any atom is -0.464 e. The molecule has 1 amide bonds. The van der Waals surface area contributed by atoms with Crippen molar-refractivity contribution < 1.29 is 9.21 Å². The van der Waals surface area contributed by atoms with Gasteiger partial charge in [-0.1, -0.05) is 18.6 Å². The summed E-state index contributed by atoms with van der Waals surface area (Å²) in [6, 6.07) is 12.1. The number of hydrogen-bond donors (Lipinski definition) is 1. The summed E-state index contributed by atoms with van der Waals surface area (Å²) in [4.78, 5) is 17.4. The summed E-state index contributed by atoms with van der Waals surface area (Å²) in [6.45, 7) is 2.34. The Hall–Kier alpha value is -3.08. The summed E-state index contributed by atoms with van der Waals surface area (Å²) in [5, 5.41) is 4.07. The number of imidazole rings is 1. The van der Waals surface area contributed by atoms with E-state index in [0.29, 0.717) is 18.2 Å². The fraction of sp³-hybridized carbons (Fsp3) is 0.273. The molecule has 0 radical (unpaired) electrons. The maximum atomic E-state index is 12.8. The van der Waals surface area contributed by atoms with E-state index in [9.17, 15) is 4.79 Å². The number of hydrogen-bond acceptors (Lipinski definition) is 3. The molecule has 0 atom stereocenters. The van der Waals surface area contributed by atoms with Gasteiger partial charge in [0.15, 0.2) is 0 Å². The molecular weight excluding hydrogens is 338 g/mol. The number of carbonyl (C=O) groups excluding carboxylic acids is 1. The summed E-state index contributed by atoms with van der Waals surface area (Å²) < 4.78 is 7.32. The van der Waals surface area contributed by atoms with E-state index in [0.717, 1.165) is 27.9 Å². The molecule has 3 heterocycles. The molecule has 1 saturated carbocycles. The molecule has 136 valence electrons. The Morgan fingerprint density at radius 3 is 2.96 bits per heavy atom. The third kappa shape index (κ3) is 2.79. The Kier molecular flexibility index (Phi) is 3.74. The van der Waals surface area contributed by atoms with Crippen LogP contribution in [0, 0.1) is 6.92 Å². The molecule has 0 unspecified atom stereocenters. The molecule has 4 aromatic rings. The van der Waals surface area contributed by atoms with E-state index in [4.69, 9.17) is 4.42 Å². The molecule has 1 aliphatic rings. The van der Waals surface area contributed by atoms with Crippen LogP contribution in [0.2, 0.25) is 0 Å². The molecule has 5 nitrogen and oxygen atoms in total. The summed E-state index contributed by atoms with van der Waals surface area (Å²) in [6.07, 6.45) is 7.46. The standard InChI is InChI=1S/C22H21N3O2/c1-14-21(25-9-7-18(12-20(25)24-14)16-3-2-4-16)22(26)23-13-15-5-6-17-8-10-27-19(17)11-15/h5-12,16H,2-4,13H2,1H3,(H,23,26). The second-order valence-electron chi connectivity index (χ2n) is 7.34. The lowest BCUT2D eigenvalue weighted by Gasteiger charge is -2.25. The van der Waals surface area contributed by atoms with Crippen LogP contribution in [-0.2, 0) is 6.54 Å². The average molecular weight is 359 g/mol. The highest BCUT2D eigenvalue weighted by Gasteiger charge is 2.22. The maximum absolute atomic E-state index is 12.8. The van der Waals surface area contributed by atoms with E-state index in [-0.39, 0.29) is 5.91 Å². The van der Waals surface area contributed by atoms with Crippen molar-refractivity contribution in [3.05, 3.63) is 71.4 Å². The van der Waals surface area contributed by atoms with E-state index in [1.54, 1.807) is 6.26 Å². The molecule has 3 aromatic heterocycles. The number of aryl methyl sites for hydroxylation is 1. The van der Waals surface area contributed by atoms with Crippen molar-refractivity contribution >= 4 is 22.5 Å². The van der Waals surface area contributed by atoms with Gasteiger partial charge in [0, 0.05) is 18.1 Å². The highest BCUT2D eigenvalue weighted by molar-refractivity contribution is 5.94. The molecule has 5 heteroatoms. The van der Waals surface area contributed by atoms with Gasteiger partial charge in [0.2, 0.25) is 0 Å². The van der Waals surface area contributed by atoms with Gasteiger partial charge in [-0.15, -0.1) is 0 Å². The van der Waals surface area contributed by atoms with Crippen LogP contribution in [0.25, 0.3) is 16.6 Å². The monoisotopic (exact) mass is 359 g/mol. The number of aromatic nitrogens is 2. The van der Waals surface area contributed by atoms with Crippen molar-refractivity contribution in [3.63, 3.8) is 0 Å². The van der Waals surface area contributed by atoms with Gasteiger partial charge < -0.3 is 9.73 Å². The topological polar surface area (TPSA) is 59.5 Å². The number of rotatable bonds is 4. The van der Waals surface area contributed by atoms with Crippen molar-refractivity contribution in [2.75, 3.05) is 0 Å². The van der Waals surface area contributed by atoms with Gasteiger partial charge in [0.1, 0.15) is 16.9 Å². The van der Waals surface area contributed by atoms with Crippen LogP contribution in [0.1, 0.15) is 52.5 Å². The van der Waals surface area contributed by atoms with Crippen LogP contribution in [-0.4, -0.2) is 15.3 Å². The Balaban J connectivity index is 1.38. The number of carbonyl (C=O) groups is 1. The molecule has 1 fully saturated rings. The van der Waals surface area contributed by atoms with Crippen LogP contribution in [0.4, 0.5) is 0 Å². The van der Waals surface area contributed by atoms with E-state index in [2.05, 4.69) is 22.4 Å². The Labute approximate surface area is 157 Å². The zero-order valence-electron chi connectivity index (χ0n) is 15.2. The van der Waals surface area contributed by atoms with Gasteiger partial charge in [-0.25, -0.2) is 4.98 Å². The van der Waals surface area contributed by atoms with Crippen LogP contribution in [0.5, 0.6) is 0 Å². The minimum atomic E-state index is -0.115. The fourth-order valence-corrected chi connectivity index (χ4v) is 3.82. The Morgan fingerprint density at radius 1 is 1.26 bits per heavy atom. The van der Waals surface area contributed by atoms with Gasteiger partial charge in [0.05, 0.1) is 12.0 Å². The van der Waals surface area contributed by atoms with E-state index >= 15 is 0 Å². The number of amides is 1. The van der Waals surface area contributed by atoms with E-state index < -0.39 is 0 Å². The van der Waals surface area contributed by atoms with Crippen molar-refractivity contribution in [2.24, 2.45) is 0 Å². The summed E-state index contributed by atoms with van der Waals surface area (Å²) in [5.41, 5.74) is 5.36. The molecule has 27 heavy (non-hydrogen) atoms. The van der Waals surface area contributed by atoms with Crippen molar-refractivity contribution in [1.82, 2.24) is 14.7 Å². The second-order valence-corrected chi connectivity index (χ2v) is 7.34. The van der Waals surface area contributed by atoms with E-state index in [1.165, 1.54) is 24.8 Å². The van der Waals surface area contributed by atoms with Gasteiger partial charge in [0.25, 0.3) is 5.91 Å². The Bertz CT molecular complexity index is 1150. The smallest absolute Gasteiger partial charge is 0.270 e. The number of pyridine rings is 1. The second kappa shape index (κ2) is 6.27. The van der Waals surface area contributed by atoms with Crippen molar-refractivity contribution in [3.8, 4) is 0 Å². The summed E-state index contributed by atoms with van der Waals surface area (Å²) in [7, 11) is 0. The fourth-order valence-electron chi connectivity index (χ4n) is 3.82. The molecule has 1 aromatic carbocycles. The predicted molar refractivity (Wildman–Crippen MR) is 104 cm³/mol. The minimum absolute atomic E-state index is 0.115. The molecule has 1 N–H and O–H groups in total. The maximum Gasteiger partial charge on any atom is 0.270 e. The quantitative estimate of drug-likeness (QED) is 0.580. The van der Waals surface area contributed by atoms with Gasteiger partial charge in [-0.2, -0.15) is 0 Å². The number of fused-ring (bicyclic) bond motifs is 2. The lowest BCUT2D eigenvalue weighted by Crippen LogP contribution is -2.25. The normalized spacial score (nSPS) is 14.6. The molecule has 0 saturated heterocycles. The van der Waals surface area contributed by atoms with Crippen LogP contribution in [0.3, 0.4) is 0 Å². The zero-order chi connectivity index (χ0) is 18.4. The van der Waals surface area contributed by atoms with Gasteiger partial charge in [-0.05, 0) is 61.1 Å². The number of benzene rings is 1. The lowest BCUT2D eigenvalue weighted by molar-refractivity contribution is 0.0944. The van der Waals surface area contributed by atoms with Gasteiger partial charge >= 0.3 is 0 Å². The summed E-state index contributed by atoms with van der Waals surface area (Å²) >= 11 is 0. The largest absolute Gasteiger partial charge is 0.464 e. The Morgan fingerprint density at radius 2 is 2.15 bits per heavy atom. The van der Waals surface area contributed by atoms with Crippen LogP contribution in [0.15, 0.2) is 53.3 Å². The van der Waals surface area contributed by atoms with E-state index in [1.807, 2.05) is 41.8 Å². The van der Waals surface area contributed by atoms with Crippen molar-refractivity contribution in [1.29, 1.82) is 0 Å². The first kappa shape index (κ1) is 16.1. The lowest BCUT2D eigenvalue weighted by atomic mass is 9.80.